The average molecular weight is 544 g/mol. The molecule has 0 unspecified atom stereocenters. The number of thiazole rings is 1. The summed E-state index contributed by atoms with van der Waals surface area (Å²) in [7, 11) is 0. The highest BCUT2D eigenvalue weighted by molar-refractivity contribution is 7.18. The Bertz CT molecular complexity index is 1740. The Labute approximate surface area is 237 Å². The molecule has 1 aliphatic carbocycles. The zero-order valence-corrected chi connectivity index (χ0v) is 22.8. The van der Waals surface area contributed by atoms with E-state index in [0.717, 1.165) is 42.3 Å². The largest absolute Gasteiger partial charge is 0.394 e. The number of carbonyl (C=O) groups excluding carboxylic acids is 2. The first-order valence-electron chi connectivity index (χ1n) is 13.5. The Balaban J connectivity index is 1.05. The van der Waals surface area contributed by atoms with Gasteiger partial charge in [0.25, 0.3) is 0 Å². The van der Waals surface area contributed by atoms with Gasteiger partial charge in [-0.1, -0.05) is 84.9 Å². The fourth-order valence-electron chi connectivity index (χ4n) is 5.10. The lowest BCUT2D eigenvalue weighted by molar-refractivity contribution is 0.0967. The van der Waals surface area contributed by atoms with Crippen molar-refractivity contribution < 1.29 is 9.59 Å². The highest BCUT2D eigenvalue weighted by Crippen LogP contribution is 2.29. The number of allylic oxidation sites excluding steroid dienone is 2. The van der Waals surface area contributed by atoms with Crippen molar-refractivity contribution in [1.82, 2.24) is 10.3 Å². The minimum absolute atomic E-state index is 0.00607. The first-order valence-corrected chi connectivity index (χ1v) is 14.3. The smallest absolute Gasteiger partial charge is 0.211 e. The van der Waals surface area contributed by atoms with Gasteiger partial charge in [-0.05, 0) is 53.6 Å². The number of hydrogen-bond donors (Lipinski definition) is 2. The molecular formula is C34H29N3O2S. The van der Waals surface area contributed by atoms with Crippen molar-refractivity contribution >= 4 is 33.1 Å². The maximum absolute atomic E-state index is 12.8. The fourth-order valence-corrected chi connectivity index (χ4v) is 6.04. The lowest BCUT2D eigenvalue weighted by Crippen LogP contribution is -2.34. The maximum Gasteiger partial charge on any atom is 0.211 e. The Morgan fingerprint density at radius 3 is 2.15 bits per heavy atom. The second-order valence-corrected chi connectivity index (χ2v) is 11.1. The molecule has 0 atom stereocenters. The number of benzene rings is 4. The van der Waals surface area contributed by atoms with Gasteiger partial charge in [-0.3, -0.25) is 9.59 Å². The normalized spacial score (nSPS) is 13.1. The van der Waals surface area contributed by atoms with Gasteiger partial charge >= 0.3 is 0 Å². The van der Waals surface area contributed by atoms with Crippen LogP contribution in [0.3, 0.4) is 0 Å². The highest BCUT2D eigenvalue weighted by Gasteiger charge is 2.30. The van der Waals surface area contributed by atoms with Gasteiger partial charge in [0.05, 0.1) is 15.2 Å². The summed E-state index contributed by atoms with van der Waals surface area (Å²) < 4.78 is 1.22. The van der Waals surface area contributed by atoms with Crippen LogP contribution < -0.4 is 11.1 Å². The van der Waals surface area contributed by atoms with Gasteiger partial charge in [0.2, 0.25) is 11.6 Å². The van der Waals surface area contributed by atoms with E-state index in [1.165, 1.54) is 20.8 Å². The molecule has 6 heteroatoms. The zero-order chi connectivity index (χ0) is 27.5. The number of nitrogens with one attached hydrogen (secondary N) is 1. The van der Waals surface area contributed by atoms with E-state index in [1.54, 1.807) is 35.6 Å². The predicted molar refractivity (Wildman–Crippen MR) is 162 cm³/mol. The van der Waals surface area contributed by atoms with Gasteiger partial charge in [0, 0.05) is 24.1 Å². The van der Waals surface area contributed by atoms with Crippen LogP contribution in [0.25, 0.3) is 21.3 Å². The molecule has 0 spiro atoms. The van der Waals surface area contributed by atoms with Crippen LogP contribution in [-0.4, -0.2) is 23.1 Å². The van der Waals surface area contributed by atoms with Crippen LogP contribution in [0.1, 0.15) is 43.3 Å². The third-order valence-corrected chi connectivity index (χ3v) is 8.39. The number of Topliss-reactive ketones (excluding diaryl/α,β-unsaturated/α-hetero) is 2. The van der Waals surface area contributed by atoms with Crippen LogP contribution in [0.15, 0.2) is 108 Å². The molecule has 0 fully saturated rings. The van der Waals surface area contributed by atoms with E-state index >= 15 is 0 Å². The topological polar surface area (TPSA) is 85.1 Å². The maximum atomic E-state index is 12.8. The van der Waals surface area contributed by atoms with E-state index in [-0.39, 0.29) is 23.0 Å². The molecule has 6 rings (SSSR count). The van der Waals surface area contributed by atoms with Gasteiger partial charge in [-0.15, -0.1) is 11.3 Å². The molecule has 5 nitrogen and oxygen atoms in total. The van der Waals surface area contributed by atoms with Crippen LogP contribution in [-0.2, 0) is 19.3 Å². The van der Waals surface area contributed by atoms with E-state index in [0.29, 0.717) is 17.7 Å². The van der Waals surface area contributed by atoms with E-state index < -0.39 is 0 Å². The summed E-state index contributed by atoms with van der Waals surface area (Å²) >= 11 is 1.77. The summed E-state index contributed by atoms with van der Waals surface area (Å²) in [6, 6.07) is 32.4. The number of aryl methyl sites for hydroxylation is 3. The third kappa shape index (κ3) is 5.31. The minimum Gasteiger partial charge on any atom is -0.394 e. The predicted octanol–water partition coefficient (Wildman–Crippen LogP) is 6.52. The Morgan fingerprint density at radius 1 is 0.700 bits per heavy atom. The van der Waals surface area contributed by atoms with Crippen molar-refractivity contribution in [3.8, 4) is 11.1 Å². The van der Waals surface area contributed by atoms with Gasteiger partial charge in [-0.25, -0.2) is 4.98 Å². The van der Waals surface area contributed by atoms with E-state index in [2.05, 4.69) is 72.0 Å². The number of ketones is 2. The first-order chi connectivity index (χ1) is 19.6. The Hall–Kier alpha value is -4.55. The van der Waals surface area contributed by atoms with Crippen LogP contribution in [0.4, 0.5) is 0 Å². The molecular weight excluding hydrogens is 514 g/mol. The number of aromatic nitrogens is 1. The SMILES string of the molecule is NC1=C(NCCCc2ccc(-c3ccc4sc(CCc5ccccc5)nc4c3)cc2)C(=O)c2ccccc2C1=O. The van der Waals surface area contributed by atoms with Gasteiger partial charge in [-0.2, -0.15) is 0 Å². The standard InChI is InChI=1S/C34H29N3O2S/c35-31-32(34(39)27-11-5-4-10-26(27)33(31)38)36-20-6-9-23-12-15-24(16-13-23)25-17-18-29-28(21-25)37-30(40-29)19-14-22-7-2-1-3-8-22/h1-5,7-8,10-13,15-18,21,36H,6,9,14,19-20,35H2. The second-order valence-electron chi connectivity index (χ2n) is 10.00. The number of fused-ring (bicyclic) bond motifs is 2. The van der Waals surface area contributed by atoms with E-state index in [4.69, 9.17) is 10.7 Å². The molecule has 0 saturated carbocycles. The van der Waals surface area contributed by atoms with Crippen molar-refractivity contribution in [1.29, 1.82) is 0 Å². The van der Waals surface area contributed by atoms with Crippen LogP contribution in [0.2, 0.25) is 0 Å². The quantitative estimate of drug-likeness (QED) is 0.207. The third-order valence-electron chi connectivity index (χ3n) is 7.29. The molecule has 198 valence electrons. The molecule has 40 heavy (non-hydrogen) atoms. The zero-order valence-electron chi connectivity index (χ0n) is 22.0. The molecule has 5 aromatic rings. The molecule has 0 bridgehead atoms. The lowest BCUT2D eigenvalue weighted by Gasteiger charge is -2.19. The number of carbonyl (C=O) groups is 2. The average Bonchev–Trinajstić information content (AvgIpc) is 3.42. The molecule has 3 N–H and O–H groups in total. The van der Waals surface area contributed by atoms with Crippen LogP contribution >= 0.6 is 11.3 Å². The van der Waals surface area contributed by atoms with E-state index in [1.807, 2.05) is 6.07 Å². The van der Waals surface area contributed by atoms with Crippen molar-refractivity contribution in [3.05, 3.63) is 136 Å². The first kappa shape index (κ1) is 25.7. The summed E-state index contributed by atoms with van der Waals surface area (Å²) in [4.78, 5) is 30.3. The van der Waals surface area contributed by atoms with Gasteiger partial charge in [0.1, 0.15) is 11.4 Å². The van der Waals surface area contributed by atoms with Crippen LogP contribution in [0.5, 0.6) is 0 Å². The summed E-state index contributed by atoms with van der Waals surface area (Å²) in [5, 5.41) is 4.28. The van der Waals surface area contributed by atoms with Crippen molar-refractivity contribution in [2.24, 2.45) is 5.73 Å². The number of nitrogens with zero attached hydrogens (tertiary/aromatic N) is 1. The summed E-state index contributed by atoms with van der Waals surface area (Å²) in [6.07, 6.45) is 3.59. The van der Waals surface area contributed by atoms with Crippen LogP contribution in [0, 0.1) is 0 Å². The molecule has 4 aromatic carbocycles. The minimum atomic E-state index is -0.299. The summed E-state index contributed by atoms with van der Waals surface area (Å²) in [6.45, 7) is 0.548. The summed E-state index contributed by atoms with van der Waals surface area (Å²) in [5.74, 6) is -0.523. The van der Waals surface area contributed by atoms with Crippen molar-refractivity contribution in [2.45, 2.75) is 25.7 Å². The van der Waals surface area contributed by atoms with Crippen molar-refractivity contribution in [3.63, 3.8) is 0 Å². The van der Waals surface area contributed by atoms with E-state index in [9.17, 15) is 9.59 Å². The highest BCUT2D eigenvalue weighted by atomic mass is 32.1. The molecule has 0 amide bonds. The van der Waals surface area contributed by atoms with Gasteiger partial charge < -0.3 is 11.1 Å². The molecule has 0 aliphatic heterocycles. The Kier molecular flexibility index (Phi) is 7.25. The van der Waals surface area contributed by atoms with Crippen molar-refractivity contribution in [2.75, 3.05) is 6.54 Å². The summed E-state index contributed by atoms with van der Waals surface area (Å²) in [5.41, 5.74) is 12.9. The molecule has 1 aliphatic rings. The second kappa shape index (κ2) is 11.3. The van der Waals surface area contributed by atoms with Gasteiger partial charge in [0.15, 0.2) is 0 Å². The number of hydrogen-bond acceptors (Lipinski definition) is 6. The molecule has 0 saturated heterocycles. The number of rotatable bonds is 9. The lowest BCUT2D eigenvalue weighted by atomic mass is 9.90. The Morgan fingerprint density at radius 2 is 1.38 bits per heavy atom. The monoisotopic (exact) mass is 543 g/mol. The molecule has 0 radical (unpaired) electrons. The molecule has 1 heterocycles. The number of nitrogens with two attached hydrogens (primary N) is 1. The molecule has 1 aromatic heterocycles. The fraction of sp³-hybridized carbons (Fsp3) is 0.147.